The highest BCUT2D eigenvalue weighted by Gasteiger charge is 2.22. The van der Waals surface area contributed by atoms with Gasteiger partial charge >= 0.3 is 0 Å². The Morgan fingerprint density at radius 1 is 1.23 bits per heavy atom. The molecule has 6 nitrogen and oxygen atoms in total. The molecule has 13 heavy (non-hydrogen) atoms. The van der Waals surface area contributed by atoms with E-state index in [0.717, 1.165) is 12.2 Å². The minimum atomic E-state index is -1.78. The molecule has 1 rings (SSSR count). The first-order chi connectivity index (χ1) is 6.00. The average Bonchev–Trinajstić information content (AvgIpc) is 2.03. The van der Waals surface area contributed by atoms with Gasteiger partial charge < -0.3 is 30.8 Å². The summed E-state index contributed by atoms with van der Waals surface area (Å²) >= 11 is 0. The number of aliphatic hydroxyl groups excluding tert-OH is 3. The van der Waals surface area contributed by atoms with Crippen LogP contribution in [0.15, 0.2) is 23.6 Å². The Morgan fingerprint density at radius 2 is 1.85 bits per heavy atom. The molecule has 0 spiro atoms. The van der Waals surface area contributed by atoms with Crippen molar-refractivity contribution in [3.05, 3.63) is 23.6 Å². The van der Waals surface area contributed by atoms with E-state index in [1.54, 1.807) is 0 Å². The van der Waals surface area contributed by atoms with Crippen LogP contribution in [0.2, 0.25) is 0 Å². The molecular weight excluding hydrogens is 178 g/mol. The number of hydrogen-bond acceptors (Lipinski definition) is 6. The molecule has 74 valence electrons. The second kappa shape index (κ2) is 3.75. The van der Waals surface area contributed by atoms with Crippen molar-refractivity contribution in [1.82, 2.24) is 5.32 Å². The summed E-state index contributed by atoms with van der Waals surface area (Å²) in [6, 6.07) is -0.943. The zero-order chi connectivity index (χ0) is 10.0. The van der Waals surface area contributed by atoms with Gasteiger partial charge in [0.25, 0.3) is 0 Å². The number of allylic oxidation sites excluding steroid dienone is 1. The lowest BCUT2D eigenvalue weighted by molar-refractivity contribution is -0.0619. The maximum absolute atomic E-state index is 9.05. The van der Waals surface area contributed by atoms with E-state index in [0.29, 0.717) is 0 Å². The van der Waals surface area contributed by atoms with Gasteiger partial charge in [-0.15, -0.1) is 0 Å². The van der Waals surface area contributed by atoms with Crippen molar-refractivity contribution in [2.45, 2.75) is 18.6 Å². The first kappa shape index (κ1) is 10.0. The SMILES string of the molecule is OC1=CC(C(O)O)NC(C(O)O)=C1. The highest BCUT2D eigenvalue weighted by molar-refractivity contribution is 5.26. The van der Waals surface area contributed by atoms with E-state index in [1.807, 2.05) is 0 Å². The van der Waals surface area contributed by atoms with Crippen LogP contribution in [0.3, 0.4) is 0 Å². The highest BCUT2D eigenvalue weighted by atomic mass is 16.5. The second-order valence-electron chi connectivity index (χ2n) is 2.65. The molecule has 0 aliphatic carbocycles. The molecule has 0 fully saturated rings. The Labute approximate surface area is 74.1 Å². The van der Waals surface area contributed by atoms with Crippen LogP contribution in [0, 0.1) is 0 Å². The standard InChI is InChI=1S/C7H11NO5/c9-3-1-4(6(10)11)8-5(2-3)7(12)13/h1-2,4,6-13H. The summed E-state index contributed by atoms with van der Waals surface area (Å²) < 4.78 is 0. The fourth-order valence-corrected chi connectivity index (χ4v) is 0.977. The molecule has 0 aromatic rings. The van der Waals surface area contributed by atoms with Crippen molar-refractivity contribution >= 4 is 0 Å². The number of hydrogen-bond donors (Lipinski definition) is 6. The fraction of sp³-hybridized carbons (Fsp3) is 0.429. The van der Waals surface area contributed by atoms with Gasteiger partial charge in [-0.05, 0) is 6.08 Å². The maximum Gasteiger partial charge on any atom is 0.193 e. The summed E-state index contributed by atoms with van der Waals surface area (Å²) in [5.41, 5.74) is -0.0851. The molecule has 0 aromatic heterocycles. The molecule has 1 aliphatic rings. The number of dihydropyridines is 1. The first-order valence-electron chi connectivity index (χ1n) is 3.62. The zero-order valence-corrected chi connectivity index (χ0v) is 6.62. The second-order valence-corrected chi connectivity index (χ2v) is 2.65. The van der Waals surface area contributed by atoms with Gasteiger partial charge in [-0.3, -0.25) is 0 Å². The average molecular weight is 189 g/mol. The molecule has 1 atom stereocenters. The van der Waals surface area contributed by atoms with Crippen LogP contribution in [-0.2, 0) is 0 Å². The Morgan fingerprint density at radius 3 is 2.31 bits per heavy atom. The molecule has 1 heterocycles. The van der Waals surface area contributed by atoms with Crippen LogP contribution >= 0.6 is 0 Å². The van der Waals surface area contributed by atoms with Crippen LogP contribution in [0.25, 0.3) is 0 Å². The van der Waals surface area contributed by atoms with Crippen molar-refractivity contribution in [1.29, 1.82) is 0 Å². The molecule has 0 bridgehead atoms. The topological polar surface area (TPSA) is 113 Å². The normalized spacial score (nSPS) is 22.8. The van der Waals surface area contributed by atoms with E-state index in [1.165, 1.54) is 0 Å². The van der Waals surface area contributed by atoms with Gasteiger partial charge in [-0.2, -0.15) is 0 Å². The zero-order valence-electron chi connectivity index (χ0n) is 6.62. The quantitative estimate of drug-likeness (QED) is 0.277. The fourth-order valence-electron chi connectivity index (χ4n) is 0.977. The molecule has 0 saturated carbocycles. The van der Waals surface area contributed by atoms with E-state index in [9.17, 15) is 0 Å². The lowest BCUT2D eigenvalue weighted by Gasteiger charge is -2.24. The Balaban J connectivity index is 2.77. The van der Waals surface area contributed by atoms with E-state index >= 15 is 0 Å². The minimum Gasteiger partial charge on any atom is -0.508 e. The van der Waals surface area contributed by atoms with E-state index in [2.05, 4.69) is 5.32 Å². The largest absolute Gasteiger partial charge is 0.508 e. The van der Waals surface area contributed by atoms with Gasteiger partial charge in [0, 0.05) is 6.08 Å². The molecule has 1 aliphatic heterocycles. The summed E-state index contributed by atoms with van der Waals surface area (Å²) in [5, 5.41) is 46.4. The summed E-state index contributed by atoms with van der Waals surface area (Å²) in [6.45, 7) is 0. The molecule has 0 aromatic carbocycles. The van der Waals surface area contributed by atoms with Crippen molar-refractivity contribution in [2.75, 3.05) is 0 Å². The van der Waals surface area contributed by atoms with Crippen LogP contribution in [0.5, 0.6) is 0 Å². The Bertz CT molecular complexity index is 245. The number of aliphatic hydroxyl groups is 5. The summed E-state index contributed by atoms with van der Waals surface area (Å²) in [5.74, 6) is -0.250. The van der Waals surface area contributed by atoms with Crippen molar-refractivity contribution in [3.8, 4) is 0 Å². The molecular formula is C7H11NO5. The molecule has 0 radical (unpaired) electrons. The van der Waals surface area contributed by atoms with Crippen LogP contribution < -0.4 is 5.32 Å². The van der Waals surface area contributed by atoms with Crippen molar-refractivity contribution in [3.63, 3.8) is 0 Å². The Kier molecular flexibility index (Phi) is 2.89. The highest BCUT2D eigenvalue weighted by Crippen LogP contribution is 2.11. The Hall–Kier alpha value is -1.08. The third-order valence-corrected chi connectivity index (χ3v) is 1.59. The predicted octanol–water partition coefficient (Wildman–Crippen LogP) is -2.09. The van der Waals surface area contributed by atoms with Gasteiger partial charge in [0.2, 0.25) is 0 Å². The molecule has 6 N–H and O–H groups in total. The van der Waals surface area contributed by atoms with Gasteiger partial charge in [0.15, 0.2) is 12.6 Å². The van der Waals surface area contributed by atoms with Gasteiger partial charge in [0.05, 0.1) is 11.7 Å². The summed E-state index contributed by atoms with van der Waals surface area (Å²) in [7, 11) is 0. The summed E-state index contributed by atoms with van der Waals surface area (Å²) in [4.78, 5) is 0. The van der Waals surface area contributed by atoms with Crippen molar-refractivity contribution < 1.29 is 25.5 Å². The van der Waals surface area contributed by atoms with Gasteiger partial charge in [-0.25, -0.2) is 0 Å². The lowest BCUT2D eigenvalue weighted by atomic mass is 10.1. The maximum atomic E-state index is 9.05. The molecule has 6 heteroatoms. The van der Waals surface area contributed by atoms with E-state index in [4.69, 9.17) is 25.5 Å². The third-order valence-electron chi connectivity index (χ3n) is 1.59. The number of nitrogens with one attached hydrogen (secondary N) is 1. The van der Waals surface area contributed by atoms with Gasteiger partial charge in [-0.1, -0.05) is 0 Å². The third kappa shape index (κ3) is 2.43. The monoisotopic (exact) mass is 189 g/mol. The predicted molar refractivity (Wildman–Crippen MR) is 42.2 cm³/mol. The minimum absolute atomic E-state index is 0.0851. The van der Waals surface area contributed by atoms with Crippen LogP contribution in [0.4, 0.5) is 0 Å². The smallest absolute Gasteiger partial charge is 0.193 e. The summed E-state index contributed by atoms with van der Waals surface area (Å²) in [6.07, 6.45) is -1.26. The molecule has 0 amide bonds. The molecule has 0 saturated heterocycles. The first-order valence-corrected chi connectivity index (χ1v) is 3.62. The van der Waals surface area contributed by atoms with E-state index in [-0.39, 0.29) is 11.5 Å². The van der Waals surface area contributed by atoms with Crippen LogP contribution in [0.1, 0.15) is 0 Å². The van der Waals surface area contributed by atoms with Crippen molar-refractivity contribution in [2.24, 2.45) is 0 Å². The molecule has 1 unspecified atom stereocenters. The van der Waals surface area contributed by atoms with Gasteiger partial charge in [0.1, 0.15) is 5.76 Å². The lowest BCUT2D eigenvalue weighted by Crippen LogP contribution is -2.42. The van der Waals surface area contributed by atoms with Crippen LogP contribution in [-0.4, -0.2) is 44.2 Å². The van der Waals surface area contributed by atoms with E-state index < -0.39 is 18.6 Å². The number of rotatable bonds is 2.